The molecule has 3 aromatic rings. The van der Waals surface area contributed by atoms with Crippen LogP contribution in [0.25, 0.3) is 0 Å². The molecule has 3 aromatic carbocycles. The molecule has 0 aromatic heterocycles. The van der Waals surface area contributed by atoms with Crippen LogP contribution in [-0.2, 0) is 23.1 Å². The highest BCUT2D eigenvalue weighted by atomic mass is 35.5. The molecule has 0 aliphatic carbocycles. The fraction of sp³-hybridized carbons (Fsp3) is 0.143. The van der Waals surface area contributed by atoms with Gasteiger partial charge in [-0.05, 0) is 54.4 Å². The predicted molar refractivity (Wildman–Crippen MR) is 111 cm³/mol. The van der Waals surface area contributed by atoms with Crippen LogP contribution in [0, 0.1) is 6.92 Å². The molecule has 3 nitrogen and oxygen atoms in total. The van der Waals surface area contributed by atoms with E-state index in [1.54, 1.807) is 48.5 Å². The van der Waals surface area contributed by atoms with E-state index >= 15 is 0 Å². The molecular weight excluding hydrogens is 401 g/mol. The van der Waals surface area contributed by atoms with Gasteiger partial charge in [-0.25, -0.2) is 8.42 Å². The van der Waals surface area contributed by atoms with E-state index in [1.807, 2.05) is 31.2 Å². The SMILES string of the molecule is Cc1ccc(S(=O)(=O)N(Cc2ccc(Cl)cc2)Cc2ccc(Cl)cc2)cc1. The van der Waals surface area contributed by atoms with Crippen molar-refractivity contribution in [1.29, 1.82) is 0 Å². The van der Waals surface area contributed by atoms with Crippen LogP contribution in [0.4, 0.5) is 0 Å². The van der Waals surface area contributed by atoms with Crippen molar-refractivity contribution < 1.29 is 8.42 Å². The maximum absolute atomic E-state index is 13.3. The van der Waals surface area contributed by atoms with Crippen LogP contribution in [0.2, 0.25) is 10.0 Å². The first-order valence-electron chi connectivity index (χ1n) is 8.40. The molecule has 0 aliphatic rings. The van der Waals surface area contributed by atoms with Crippen LogP contribution in [0.1, 0.15) is 16.7 Å². The van der Waals surface area contributed by atoms with Crippen molar-refractivity contribution in [3.63, 3.8) is 0 Å². The van der Waals surface area contributed by atoms with Gasteiger partial charge < -0.3 is 0 Å². The Morgan fingerprint density at radius 1 is 0.704 bits per heavy atom. The third kappa shape index (κ3) is 5.11. The van der Waals surface area contributed by atoms with Crippen molar-refractivity contribution in [1.82, 2.24) is 4.31 Å². The Kier molecular flexibility index (Phi) is 6.22. The summed E-state index contributed by atoms with van der Waals surface area (Å²) in [6.45, 7) is 2.42. The average Bonchev–Trinajstić information content (AvgIpc) is 2.65. The second-order valence-corrected chi connectivity index (χ2v) is 9.15. The van der Waals surface area contributed by atoms with Gasteiger partial charge in [-0.3, -0.25) is 0 Å². The van der Waals surface area contributed by atoms with Gasteiger partial charge in [0.05, 0.1) is 4.90 Å². The largest absolute Gasteiger partial charge is 0.243 e. The maximum Gasteiger partial charge on any atom is 0.243 e. The Morgan fingerprint density at radius 3 is 1.52 bits per heavy atom. The van der Waals surface area contributed by atoms with E-state index in [2.05, 4.69) is 0 Å². The Balaban J connectivity index is 1.95. The number of rotatable bonds is 6. The lowest BCUT2D eigenvalue weighted by molar-refractivity contribution is 0.401. The zero-order chi connectivity index (χ0) is 19.4. The first-order valence-corrected chi connectivity index (χ1v) is 10.6. The number of hydrogen-bond donors (Lipinski definition) is 0. The van der Waals surface area contributed by atoms with Crippen molar-refractivity contribution in [3.05, 3.63) is 99.5 Å². The molecule has 0 radical (unpaired) electrons. The monoisotopic (exact) mass is 419 g/mol. The summed E-state index contributed by atoms with van der Waals surface area (Å²) in [5.41, 5.74) is 2.74. The van der Waals surface area contributed by atoms with Crippen LogP contribution in [0.5, 0.6) is 0 Å². The van der Waals surface area contributed by atoms with E-state index in [0.717, 1.165) is 16.7 Å². The molecule has 0 unspecified atom stereocenters. The molecule has 0 amide bonds. The molecular formula is C21H19Cl2NO2S. The molecule has 27 heavy (non-hydrogen) atoms. The fourth-order valence-electron chi connectivity index (χ4n) is 2.67. The second kappa shape index (κ2) is 8.44. The van der Waals surface area contributed by atoms with Crippen molar-refractivity contribution >= 4 is 33.2 Å². The number of benzene rings is 3. The molecule has 140 valence electrons. The van der Waals surface area contributed by atoms with Gasteiger partial charge in [0.1, 0.15) is 0 Å². The molecule has 0 N–H and O–H groups in total. The quantitative estimate of drug-likeness (QED) is 0.514. The predicted octanol–water partition coefficient (Wildman–Crippen LogP) is 5.69. The molecule has 0 heterocycles. The van der Waals surface area contributed by atoms with Crippen LogP contribution >= 0.6 is 23.2 Å². The van der Waals surface area contributed by atoms with Gasteiger partial charge in [-0.2, -0.15) is 4.31 Å². The van der Waals surface area contributed by atoms with E-state index in [-0.39, 0.29) is 18.0 Å². The van der Waals surface area contributed by atoms with E-state index in [9.17, 15) is 8.42 Å². The molecule has 3 rings (SSSR count). The van der Waals surface area contributed by atoms with E-state index in [4.69, 9.17) is 23.2 Å². The summed E-state index contributed by atoms with van der Waals surface area (Å²) in [5.74, 6) is 0. The van der Waals surface area contributed by atoms with E-state index < -0.39 is 10.0 Å². The summed E-state index contributed by atoms with van der Waals surface area (Å²) in [6.07, 6.45) is 0. The summed E-state index contributed by atoms with van der Waals surface area (Å²) in [5, 5.41) is 1.23. The van der Waals surface area contributed by atoms with Crippen LogP contribution in [0.3, 0.4) is 0 Å². The van der Waals surface area contributed by atoms with Crippen molar-refractivity contribution in [3.8, 4) is 0 Å². The molecule has 6 heteroatoms. The molecule has 0 spiro atoms. The van der Waals surface area contributed by atoms with Gasteiger partial charge >= 0.3 is 0 Å². The topological polar surface area (TPSA) is 37.4 Å². The Bertz CT molecular complexity index is 952. The van der Waals surface area contributed by atoms with Gasteiger partial charge in [0.25, 0.3) is 0 Å². The third-order valence-corrected chi connectivity index (χ3v) is 6.51. The Hall–Kier alpha value is -1.85. The van der Waals surface area contributed by atoms with Gasteiger partial charge in [-0.15, -0.1) is 0 Å². The van der Waals surface area contributed by atoms with Gasteiger partial charge in [-0.1, -0.05) is 65.2 Å². The number of nitrogens with zero attached hydrogens (tertiary/aromatic N) is 1. The van der Waals surface area contributed by atoms with Gasteiger partial charge in [0, 0.05) is 23.1 Å². The standard InChI is InChI=1S/C21H19Cl2NO2S/c1-16-2-12-21(13-3-16)27(25,26)24(14-17-4-8-19(22)9-5-17)15-18-6-10-20(23)11-7-18/h2-13H,14-15H2,1H3. The van der Waals surface area contributed by atoms with E-state index in [1.165, 1.54) is 4.31 Å². The summed E-state index contributed by atoms with van der Waals surface area (Å²) in [4.78, 5) is 0.274. The normalized spacial score (nSPS) is 11.7. The minimum absolute atomic E-state index is 0.246. The molecule has 0 fully saturated rings. The maximum atomic E-state index is 13.3. The molecule has 0 saturated heterocycles. The highest BCUT2D eigenvalue weighted by molar-refractivity contribution is 7.89. The summed E-state index contributed by atoms with van der Waals surface area (Å²) in [6, 6.07) is 21.3. The van der Waals surface area contributed by atoms with Gasteiger partial charge in [0.2, 0.25) is 10.0 Å². The highest BCUT2D eigenvalue weighted by Crippen LogP contribution is 2.23. The third-order valence-electron chi connectivity index (χ3n) is 4.20. The van der Waals surface area contributed by atoms with Crippen molar-refractivity contribution in [2.45, 2.75) is 24.9 Å². The minimum Gasteiger partial charge on any atom is -0.207 e. The lowest BCUT2D eigenvalue weighted by Gasteiger charge is -2.23. The average molecular weight is 420 g/mol. The lowest BCUT2D eigenvalue weighted by atomic mass is 10.2. The number of halogens is 2. The number of sulfonamides is 1. The molecule has 0 aliphatic heterocycles. The Labute approximate surface area is 170 Å². The van der Waals surface area contributed by atoms with Crippen molar-refractivity contribution in [2.24, 2.45) is 0 Å². The number of aryl methyl sites for hydroxylation is 1. The zero-order valence-corrected chi connectivity index (χ0v) is 17.1. The first kappa shape index (κ1) is 19.9. The van der Waals surface area contributed by atoms with Crippen LogP contribution < -0.4 is 0 Å². The Morgan fingerprint density at radius 2 is 1.11 bits per heavy atom. The highest BCUT2D eigenvalue weighted by Gasteiger charge is 2.25. The summed E-state index contributed by atoms with van der Waals surface area (Å²) >= 11 is 11.9. The summed E-state index contributed by atoms with van der Waals surface area (Å²) < 4.78 is 28.0. The minimum atomic E-state index is -3.67. The van der Waals surface area contributed by atoms with Crippen LogP contribution in [-0.4, -0.2) is 12.7 Å². The first-order chi connectivity index (χ1) is 12.8. The number of hydrogen-bond acceptors (Lipinski definition) is 2. The summed E-state index contributed by atoms with van der Waals surface area (Å²) in [7, 11) is -3.67. The lowest BCUT2D eigenvalue weighted by Crippen LogP contribution is -2.30. The van der Waals surface area contributed by atoms with E-state index in [0.29, 0.717) is 10.0 Å². The zero-order valence-electron chi connectivity index (χ0n) is 14.8. The van der Waals surface area contributed by atoms with Crippen LogP contribution in [0.15, 0.2) is 77.7 Å². The molecule has 0 bridgehead atoms. The smallest absolute Gasteiger partial charge is 0.207 e. The van der Waals surface area contributed by atoms with Crippen molar-refractivity contribution in [2.75, 3.05) is 0 Å². The van der Waals surface area contributed by atoms with Gasteiger partial charge in [0.15, 0.2) is 0 Å². The molecule has 0 atom stereocenters. The second-order valence-electron chi connectivity index (χ2n) is 6.34. The fourth-order valence-corrected chi connectivity index (χ4v) is 4.34. The molecule has 0 saturated carbocycles.